The van der Waals surface area contributed by atoms with Crippen LogP contribution in [-0.2, 0) is 9.59 Å². The van der Waals surface area contributed by atoms with Gasteiger partial charge in [0.2, 0.25) is 0 Å². The van der Waals surface area contributed by atoms with Gasteiger partial charge in [-0.15, -0.1) is 0 Å². The molecule has 0 amide bonds. The van der Waals surface area contributed by atoms with Crippen molar-refractivity contribution in [3.8, 4) is 0 Å². The zero-order valence-electron chi connectivity index (χ0n) is 11.0. The fraction of sp³-hybridized carbons (Fsp3) is 0.714. The summed E-state index contributed by atoms with van der Waals surface area (Å²) < 4.78 is 0. The summed E-state index contributed by atoms with van der Waals surface area (Å²) in [7, 11) is 0. The summed E-state index contributed by atoms with van der Waals surface area (Å²) in [6, 6.07) is 0. The molecule has 0 radical (unpaired) electrons. The fourth-order valence-corrected chi connectivity index (χ4v) is 1.71. The van der Waals surface area contributed by atoms with E-state index in [0.717, 1.165) is 19.1 Å². The molecule has 0 aliphatic heterocycles. The van der Waals surface area contributed by atoms with Gasteiger partial charge in [0.25, 0.3) is 0 Å². The second-order valence-electron chi connectivity index (χ2n) is 4.88. The largest absolute Gasteiger partial charge is 0.303 e. The predicted octanol–water partition coefficient (Wildman–Crippen LogP) is 3.55. The lowest BCUT2D eigenvalue weighted by Crippen LogP contribution is -2.14. The van der Waals surface area contributed by atoms with Crippen molar-refractivity contribution >= 4 is 12.1 Å². The first-order valence-corrected chi connectivity index (χ1v) is 6.05. The molecule has 0 rings (SSSR count). The average Bonchev–Trinajstić information content (AvgIpc) is 2.17. The number of carbonyl (C=O) groups is 2. The SMILES string of the molecule is CC(=O)CC[C@@H](C=O)[C@@H](C)CCC=C(C)C. The van der Waals surface area contributed by atoms with Crippen LogP contribution < -0.4 is 0 Å². The van der Waals surface area contributed by atoms with Crippen LogP contribution in [0.1, 0.15) is 53.4 Å². The molecular weight excluding hydrogens is 200 g/mol. The molecule has 92 valence electrons. The van der Waals surface area contributed by atoms with E-state index in [1.54, 1.807) is 6.92 Å². The Morgan fingerprint density at radius 2 is 1.81 bits per heavy atom. The molecule has 0 aliphatic carbocycles. The number of ketones is 1. The van der Waals surface area contributed by atoms with Crippen molar-refractivity contribution in [3.05, 3.63) is 11.6 Å². The quantitative estimate of drug-likeness (QED) is 0.466. The van der Waals surface area contributed by atoms with E-state index in [2.05, 4.69) is 26.8 Å². The first kappa shape index (κ1) is 15.1. The van der Waals surface area contributed by atoms with Gasteiger partial charge in [-0.25, -0.2) is 0 Å². The van der Waals surface area contributed by atoms with Crippen LogP contribution in [0.4, 0.5) is 0 Å². The van der Waals surface area contributed by atoms with Crippen LogP contribution in [0.2, 0.25) is 0 Å². The second-order valence-corrected chi connectivity index (χ2v) is 4.88. The van der Waals surface area contributed by atoms with Crippen molar-refractivity contribution in [2.75, 3.05) is 0 Å². The fourth-order valence-electron chi connectivity index (χ4n) is 1.71. The third-order valence-electron chi connectivity index (χ3n) is 2.91. The molecule has 0 aromatic rings. The van der Waals surface area contributed by atoms with E-state index in [1.807, 2.05) is 0 Å². The summed E-state index contributed by atoms with van der Waals surface area (Å²) >= 11 is 0. The van der Waals surface area contributed by atoms with Gasteiger partial charge in [-0.2, -0.15) is 0 Å². The minimum absolute atomic E-state index is 0.0365. The molecule has 2 heteroatoms. The molecule has 0 spiro atoms. The maximum absolute atomic E-state index is 10.9. The third-order valence-corrected chi connectivity index (χ3v) is 2.91. The molecule has 0 aromatic heterocycles. The highest BCUT2D eigenvalue weighted by Crippen LogP contribution is 2.21. The highest BCUT2D eigenvalue weighted by molar-refractivity contribution is 5.75. The summed E-state index contributed by atoms with van der Waals surface area (Å²) in [6.07, 6.45) is 6.48. The van der Waals surface area contributed by atoms with E-state index in [-0.39, 0.29) is 11.7 Å². The van der Waals surface area contributed by atoms with Crippen LogP contribution in [-0.4, -0.2) is 12.1 Å². The number of hydrogen-bond acceptors (Lipinski definition) is 2. The topological polar surface area (TPSA) is 34.1 Å². The van der Waals surface area contributed by atoms with E-state index in [9.17, 15) is 9.59 Å². The molecule has 0 N–H and O–H groups in total. The van der Waals surface area contributed by atoms with Gasteiger partial charge >= 0.3 is 0 Å². The molecule has 16 heavy (non-hydrogen) atoms. The molecule has 0 heterocycles. The summed E-state index contributed by atoms with van der Waals surface area (Å²) in [6.45, 7) is 7.84. The minimum Gasteiger partial charge on any atom is -0.303 e. The second kappa shape index (κ2) is 8.26. The molecule has 0 unspecified atom stereocenters. The Balaban J connectivity index is 4.00. The number of Topliss-reactive ketones (excluding diaryl/α,β-unsaturated/α-hetero) is 1. The number of rotatable bonds is 8. The Hall–Kier alpha value is -0.920. The summed E-state index contributed by atoms with van der Waals surface area (Å²) in [5, 5.41) is 0. The molecule has 0 saturated carbocycles. The molecule has 0 fully saturated rings. The van der Waals surface area contributed by atoms with Gasteiger partial charge in [-0.05, 0) is 46.0 Å². The van der Waals surface area contributed by atoms with Crippen molar-refractivity contribution in [1.82, 2.24) is 0 Å². The summed E-state index contributed by atoms with van der Waals surface area (Å²) in [5.41, 5.74) is 1.32. The van der Waals surface area contributed by atoms with Gasteiger partial charge in [0.05, 0.1) is 0 Å². The van der Waals surface area contributed by atoms with E-state index < -0.39 is 0 Å². The van der Waals surface area contributed by atoms with Gasteiger partial charge in [0.15, 0.2) is 0 Å². The number of hydrogen-bond donors (Lipinski definition) is 0. The van der Waals surface area contributed by atoms with Gasteiger partial charge < -0.3 is 9.59 Å². The van der Waals surface area contributed by atoms with E-state index in [0.29, 0.717) is 18.8 Å². The lowest BCUT2D eigenvalue weighted by atomic mass is 9.87. The smallest absolute Gasteiger partial charge is 0.129 e. The summed E-state index contributed by atoms with van der Waals surface area (Å²) in [4.78, 5) is 21.8. The normalized spacial score (nSPS) is 14.0. The van der Waals surface area contributed by atoms with Crippen LogP contribution in [0.15, 0.2) is 11.6 Å². The monoisotopic (exact) mass is 224 g/mol. The Morgan fingerprint density at radius 3 is 2.25 bits per heavy atom. The maximum atomic E-state index is 10.9. The van der Waals surface area contributed by atoms with Crippen LogP contribution in [0.25, 0.3) is 0 Å². The molecule has 0 aliphatic rings. The zero-order chi connectivity index (χ0) is 12.6. The number of allylic oxidation sites excluding steroid dienone is 2. The van der Waals surface area contributed by atoms with Crippen LogP contribution in [0, 0.1) is 11.8 Å². The van der Waals surface area contributed by atoms with Gasteiger partial charge in [-0.3, -0.25) is 0 Å². The Bertz CT molecular complexity index is 249. The van der Waals surface area contributed by atoms with Crippen LogP contribution >= 0.6 is 0 Å². The van der Waals surface area contributed by atoms with E-state index in [4.69, 9.17) is 0 Å². The standard InChI is InChI=1S/C14H24O2/c1-11(2)6-5-7-12(3)14(10-15)9-8-13(4)16/h6,10,12,14H,5,7-9H2,1-4H3/t12-,14-/m0/s1. The number of carbonyl (C=O) groups excluding carboxylic acids is 2. The molecule has 0 saturated heterocycles. The van der Waals surface area contributed by atoms with Gasteiger partial charge in [0, 0.05) is 12.3 Å². The highest BCUT2D eigenvalue weighted by Gasteiger charge is 2.16. The number of aldehydes is 1. The van der Waals surface area contributed by atoms with Crippen molar-refractivity contribution in [3.63, 3.8) is 0 Å². The molecule has 2 atom stereocenters. The van der Waals surface area contributed by atoms with E-state index in [1.165, 1.54) is 5.57 Å². The van der Waals surface area contributed by atoms with E-state index >= 15 is 0 Å². The predicted molar refractivity (Wildman–Crippen MR) is 67.3 cm³/mol. The highest BCUT2D eigenvalue weighted by atomic mass is 16.1. The minimum atomic E-state index is 0.0365. The third kappa shape index (κ3) is 7.38. The lowest BCUT2D eigenvalue weighted by molar-refractivity contribution is -0.117. The molecular formula is C14H24O2. The van der Waals surface area contributed by atoms with Gasteiger partial charge in [0.1, 0.15) is 12.1 Å². The van der Waals surface area contributed by atoms with Crippen molar-refractivity contribution in [1.29, 1.82) is 0 Å². The zero-order valence-corrected chi connectivity index (χ0v) is 11.0. The molecule has 0 bridgehead atoms. The Morgan fingerprint density at radius 1 is 1.19 bits per heavy atom. The van der Waals surface area contributed by atoms with Crippen molar-refractivity contribution < 1.29 is 9.59 Å². The van der Waals surface area contributed by atoms with Crippen LogP contribution in [0.5, 0.6) is 0 Å². The Kier molecular flexibility index (Phi) is 7.78. The Labute approximate surface area is 99.1 Å². The van der Waals surface area contributed by atoms with Crippen molar-refractivity contribution in [2.24, 2.45) is 11.8 Å². The molecule has 2 nitrogen and oxygen atoms in total. The van der Waals surface area contributed by atoms with Crippen LogP contribution in [0.3, 0.4) is 0 Å². The van der Waals surface area contributed by atoms with Crippen molar-refractivity contribution in [2.45, 2.75) is 53.4 Å². The first-order valence-electron chi connectivity index (χ1n) is 6.05. The average molecular weight is 224 g/mol. The summed E-state index contributed by atoms with van der Waals surface area (Å²) in [5.74, 6) is 0.574. The lowest BCUT2D eigenvalue weighted by Gasteiger charge is -2.17. The maximum Gasteiger partial charge on any atom is 0.129 e. The first-order chi connectivity index (χ1) is 7.47. The van der Waals surface area contributed by atoms with Gasteiger partial charge in [-0.1, -0.05) is 18.6 Å². The molecule has 0 aromatic carbocycles.